The third-order valence-corrected chi connectivity index (χ3v) is 5.48. The number of phenols is 2. The van der Waals surface area contributed by atoms with Crippen molar-refractivity contribution < 1.29 is 35.1 Å². The van der Waals surface area contributed by atoms with Crippen molar-refractivity contribution in [1.29, 1.82) is 0 Å². The Balaban J connectivity index is 1.96. The van der Waals surface area contributed by atoms with Gasteiger partial charge in [0.25, 0.3) is 0 Å². The number of aliphatic hydroxyl groups is 3. The predicted molar refractivity (Wildman–Crippen MR) is 92.9 cm³/mol. The number of ketones is 2. The van der Waals surface area contributed by atoms with Crippen molar-refractivity contribution in [2.75, 3.05) is 0 Å². The maximum absolute atomic E-state index is 12.7. The maximum Gasteiger partial charge on any atom is 0.194 e. The Kier molecular flexibility index (Phi) is 4.03. The van der Waals surface area contributed by atoms with E-state index in [1.165, 1.54) is 18.2 Å². The number of Topliss-reactive ketones (excluding diaryl/α,β-unsaturated/α-hetero) is 2. The van der Waals surface area contributed by atoms with Gasteiger partial charge in [0.05, 0.1) is 5.56 Å². The molecular formula is C20H18O7. The van der Waals surface area contributed by atoms with Gasteiger partial charge in [0.2, 0.25) is 0 Å². The van der Waals surface area contributed by atoms with E-state index in [4.69, 9.17) is 0 Å². The minimum absolute atomic E-state index is 0.0473. The summed E-state index contributed by atoms with van der Waals surface area (Å²) in [4.78, 5) is 24.9. The monoisotopic (exact) mass is 370 g/mol. The lowest BCUT2D eigenvalue weighted by molar-refractivity contribution is -0.0550. The lowest BCUT2D eigenvalue weighted by atomic mass is 9.72. The number of phenolic OH excluding ortho intramolecular Hbond substituents is 2. The molecular weight excluding hydrogens is 352 g/mol. The summed E-state index contributed by atoms with van der Waals surface area (Å²) in [7, 11) is 0. The zero-order valence-corrected chi connectivity index (χ0v) is 14.2. The number of benzene rings is 2. The summed E-state index contributed by atoms with van der Waals surface area (Å²) in [5, 5.41) is 50.5. The molecule has 0 spiro atoms. The zero-order chi connectivity index (χ0) is 19.5. The zero-order valence-electron chi connectivity index (χ0n) is 14.2. The molecule has 4 rings (SSSR count). The largest absolute Gasteiger partial charge is 0.508 e. The van der Waals surface area contributed by atoms with Crippen molar-refractivity contribution in [1.82, 2.24) is 0 Å². The molecule has 0 radical (unpaired) electrons. The maximum atomic E-state index is 12.7. The van der Waals surface area contributed by atoms with Gasteiger partial charge in [-0.3, -0.25) is 9.59 Å². The highest BCUT2D eigenvalue weighted by Gasteiger charge is 2.44. The van der Waals surface area contributed by atoms with E-state index >= 15 is 0 Å². The van der Waals surface area contributed by atoms with Crippen LogP contribution >= 0.6 is 0 Å². The van der Waals surface area contributed by atoms with E-state index in [0.29, 0.717) is 17.5 Å². The fourth-order valence-electron chi connectivity index (χ4n) is 4.17. The molecule has 140 valence electrons. The number of carbonyl (C=O) groups excluding carboxylic acids is 2. The van der Waals surface area contributed by atoms with Crippen LogP contribution in [0.25, 0.3) is 0 Å². The Bertz CT molecular complexity index is 965. The van der Waals surface area contributed by atoms with Crippen LogP contribution in [0.4, 0.5) is 0 Å². The lowest BCUT2D eigenvalue weighted by Gasteiger charge is -2.34. The minimum atomic E-state index is -1.82. The summed E-state index contributed by atoms with van der Waals surface area (Å²) in [5.74, 6) is -1.95. The average molecular weight is 370 g/mol. The SMILES string of the molecule is O=C1CC[C@H](c2ccc(O)c3c2C(=O)[C@@H](O)[C@H](O)[C@@H]3O)c2cccc(O)c21. The van der Waals surface area contributed by atoms with Gasteiger partial charge in [-0.2, -0.15) is 0 Å². The number of carbonyl (C=O) groups is 2. The van der Waals surface area contributed by atoms with Crippen molar-refractivity contribution in [3.05, 3.63) is 58.1 Å². The molecule has 0 amide bonds. The van der Waals surface area contributed by atoms with Crippen molar-refractivity contribution >= 4 is 11.6 Å². The van der Waals surface area contributed by atoms with Gasteiger partial charge in [-0.25, -0.2) is 0 Å². The van der Waals surface area contributed by atoms with Gasteiger partial charge in [0.15, 0.2) is 11.6 Å². The molecule has 2 aliphatic rings. The third kappa shape index (κ3) is 2.47. The van der Waals surface area contributed by atoms with Crippen LogP contribution < -0.4 is 0 Å². The summed E-state index contributed by atoms with van der Waals surface area (Å²) in [5.41, 5.74) is 0.988. The molecule has 4 atom stereocenters. The molecule has 0 saturated carbocycles. The van der Waals surface area contributed by atoms with Gasteiger partial charge in [-0.05, 0) is 29.7 Å². The summed E-state index contributed by atoms with van der Waals surface area (Å²) in [6, 6.07) is 7.53. The molecule has 0 heterocycles. The van der Waals surface area contributed by atoms with Gasteiger partial charge >= 0.3 is 0 Å². The Morgan fingerprint density at radius 1 is 0.815 bits per heavy atom. The number of aliphatic hydroxyl groups excluding tert-OH is 3. The Labute approximate surface area is 154 Å². The van der Waals surface area contributed by atoms with Crippen LogP contribution in [-0.4, -0.2) is 49.3 Å². The highest BCUT2D eigenvalue weighted by molar-refractivity contribution is 6.05. The smallest absolute Gasteiger partial charge is 0.194 e. The Morgan fingerprint density at radius 3 is 2.26 bits per heavy atom. The second-order valence-corrected chi connectivity index (χ2v) is 6.96. The van der Waals surface area contributed by atoms with Crippen LogP contribution in [0.3, 0.4) is 0 Å². The number of rotatable bonds is 1. The Hall–Kier alpha value is -2.74. The Morgan fingerprint density at radius 2 is 1.52 bits per heavy atom. The fourth-order valence-corrected chi connectivity index (χ4v) is 4.17. The van der Waals surface area contributed by atoms with Crippen LogP contribution in [0.1, 0.15) is 62.3 Å². The van der Waals surface area contributed by atoms with E-state index in [-0.39, 0.29) is 40.4 Å². The van der Waals surface area contributed by atoms with Crippen LogP contribution in [0, 0.1) is 0 Å². The summed E-state index contributed by atoms with van der Waals surface area (Å²) >= 11 is 0. The molecule has 5 N–H and O–H groups in total. The third-order valence-electron chi connectivity index (χ3n) is 5.48. The molecule has 0 bridgehead atoms. The normalized spacial score (nSPS) is 27.2. The van der Waals surface area contributed by atoms with E-state index in [0.717, 1.165) is 0 Å². The number of aromatic hydroxyl groups is 2. The molecule has 7 nitrogen and oxygen atoms in total. The van der Waals surface area contributed by atoms with E-state index < -0.39 is 30.0 Å². The first-order valence-electron chi connectivity index (χ1n) is 8.62. The van der Waals surface area contributed by atoms with Crippen molar-refractivity contribution in [2.45, 2.75) is 37.1 Å². The van der Waals surface area contributed by atoms with E-state index in [1.54, 1.807) is 12.1 Å². The molecule has 2 aromatic rings. The standard InChI is InChI=1S/C20H18O7/c21-11-3-1-2-9-8(4-6-12(22)14(9)11)10-5-7-13(23)16-15(10)17(24)19(26)20(27)18(16)25/h1-3,5,7-8,18-21,23,25-27H,4,6H2/t8-,18+,19+,20+/m0/s1. The molecule has 0 aliphatic heterocycles. The number of hydrogen-bond donors (Lipinski definition) is 5. The topological polar surface area (TPSA) is 135 Å². The van der Waals surface area contributed by atoms with E-state index in [9.17, 15) is 35.1 Å². The van der Waals surface area contributed by atoms with Crippen molar-refractivity contribution in [3.8, 4) is 11.5 Å². The van der Waals surface area contributed by atoms with Gasteiger partial charge in [0, 0.05) is 23.5 Å². The fraction of sp³-hybridized carbons (Fsp3) is 0.300. The average Bonchev–Trinajstić information content (AvgIpc) is 2.65. The first-order valence-corrected chi connectivity index (χ1v) is 8.62. The summed E-state index contributed by atoms with van der Waals surface area (Å²) < 4.78 is 0. The predicted octanol–water partition coefficient (Wildman–Crippen LogP) is 1.16. The van der Waals surface area contributed by atoms with Crippen LogP contribution in [-0.2, 0) is 0 Å². The quantitative estimate of drug-likeness (QED) is 0.508. The highest BCUT2D eigenvalue weighted by atomic mass is 16.4. The number of hydrogen-bond acceptors (Lipinski definition) is 7. The van der Waals surface area contributed by atoms with E-state index in [2.05, 4.69) is 0 Å². The lowest BCUT2D eigenvalue weighted by Crippen LogP contribution is -2.44. The van der Waals surface area contributed by atoms with Crippen molar-refractivity contribution in [3.63, 3.8) is 0 Å². The second kappa shape index (κ2) is 6.16. The molecule has 2 aliphatic carbocycles. The van der Waals surface area contributed by atoms with Gasteiger partial charge in [-0.15, -0.1) is 0 Å². The van der Waals surface area contributed by atoms with Gasteiger partial charge in [0.1, 0.15) is 29.8 Å². The van der Waals surface area contributed by atoms with Crippen LogP contribution in [0.15, 0.2) is 30.3 Å². The molecule has 0 aromatic heterocycles. The van der Waals surface area contributed by atoms with Gasteiger partial charge in [-0.1, -0.05) is 18.2 Å². The first kappa shape index (κ1) is 17.7. The molecule has 7 heteroatoms. The highest BCUT2D eigenvalue weighted by Crippen LogP contribution is 2.46. The minimum Gasteiger partial charge on any atom is -0.508 e. The van der Waals surface area contributed by atoms with Crippen LogP contribution in [0.2, 0.25) is 0 Å². The second-order valence-electron chi connectivity index (χ2n) is 6.96. The van der Waals surface area contributed by atoms with Gasteiger partial charge < -0.3 is 25.5 Å². The van der Waals surface area contributed by atoms with Crippen molar-refractivity contribution in [2.24, 2.45) is 0 Å². The summed E-state index contributed by atoms with van der Waals surface area (Å²) in [6.07, 6.45) is -4.65. The van der Waals surface area contributed by atoms with Crippen LogP contribution in [0.5, 0.6) is 11.5 Å². The first-order chi connectivity index (χ1) is 12.8. The number of fused-ring (bicyclic) bond motifs is 2. The molecule has 0 unspecified atom stereocenters. The van der Waals surface area contributed by atoms with E-state index in [1.807, 2.05) is 0 Å². The molecule has 0 saturated heterocycles. The molecule has 0 fully saturated rings. The molecule has 27 heavy (non-hydrogen) atoms. The summed E-state index contributed by atoms with van der Waals surface area (Å²) in [6.45, 7) is 0. The molecule has 2 aromatic carbocycles.